The number of carbonyl (C=O) groups excluding carboxylic acids is 2. The summed E-state index contributed by atoms with van der Waals surface area (Å²) in [6, 6.07) is -0.765. The van der Waals surface area contributed by atoms with E-state index in [0.29, 0.717) is 19.5 Å². The number of carbonyl (C=O) groups is 3. The highest BCUT2D eigenvalue weighted by Crippen LogP contribution is 2.33. The fourth-order valence-corrected chi connectivity index (χ4v) is 2.87. The molecule has 0 bridgehead atoms. The number of hydrogen-bond donors (Lipinski definition) is 2. The van der Waals surface area contributed by atoms with Gasteiger partial charge in [0.05, 0.1) is 5.92 Å². The Balaban J connectivity index is 1.89. The fourth-order valence-electron chi connectivity index (χ4n) is 2.87. The summed E-state index contributed by atoms with van der Waals surface area (Å²) in [6.07, 6.45) is 4.56. The normalized spacial score (nSPS) is 23.5. The van der Waals surface area contributed by atoms with Crippen molar-refractivity contribution >= 4 is 17.8 Å². The van der Waals surface area contributed by atoms with E-state index in [0.717, 1.165) is 32.1 Å². The molecule has 6 heteroatoms. The quantitative estimate of drug-likeness (QED) is 0.765. The largest absolute Gasteiger partial charge is 0.480 e. The number of aliphatic carboxylic acids is 1. The summed E-state index contributed by atoms with van der Waals surface area (Å²) in [5.41, 5.74) is 0. The van der Waals surface area contributed by atoms with Crippen molar-refractivity contribution in [3.05, 3.63) is 0 Å². The maximum absolute atomic E-state index is 12.3. The molecule has 0 radical (unpaired) electrons. The third-order valence-electron chi connectivity index (χ3n) is 4.27. The van der Waals surface area contributed by atoms with Crippen LogP contribution in [0.4, 0.5) is 0 Å². The number of hydrogen-bond acceptors (Lipinski definition) is 3. The Morgan fingerprint density at radius 1 is 1.29 bits per heavy atom. The zero-order valence-corrected chi connectivity index (χ0v) is 12.5. The third-order valence-corrected chi connectivity index (χ3v) is 4.27. The van der Waals surface area contributed by atoms with E-state index in [1.807, 2.05) is 6.92 Å². The molecule has 1 saturated carbocycles. The van der Waals surface area contributed by atoms with Gasteiger partial charge in [-0.15, -0.1) is 0 Å². The van der Waals surface area contributed by atoms with Gasteiger partial charge in [0, 0.05) is 19.5 Å². The third kappa shape index (κ3) is 4.19. The summed E-state index contributed by atoms with van der Waals surface area (Å²) in [4.78, 5) is 37.1. The number of carboxylic acid groups (broad SMARTS) is 1. The van der Waals surface area contributed by atoms with Crippen molar-refractivity contribution < 1.29 is 19.5 Å². The predicted molar refractivity (Wildman–Crippen MR) is 76.5 cm³/mol. The number of likely N-dealkylation sites (tertiary alicyclic amines) is 1. The van der Waals surface area contributed by atoms with Crippen molar-refractivity contribution in [1.29, 1.82) is 0 Å². The van der Waals surface area contributed by atoms with Gasteiger partial charge < -0.3 is 15.3 Å². The smallest absolute Gasteiger partial charge is 0.326 e. The highest BCUT2D eigenvalue weighted by Gasteiger charge is 2.39. The topological polar surface area (TPSA) is 86.7 Å². The first-order valence-electron chi connectivity index (χ1n) is 7.84. The molecule has 21 heavy (non-hydrogen) atoms. The highest BCUT2D eigenvalue weighted by molar-refractivity contribution is 5.86. The lowest BCUT2D eigenvalue weighted by Crippen LogP contribution is -2.50. The van der Waals surface area contributed by atoms with E-state index in [4.69, 9.17) is 5.11 Å². The number of nitrogens with zero attached hydrogens (tertiary/aromatic N) is 1. The maximum Gasteiger partial charge on any atom is 0.326 e. The fraction of sp³-hybridized carbons (Fsp3) is 0.800. The van der Waals surface area contributed by atoms with E-state index in [9.17, 15) is 14.4 Å². The number of rotatable bonds is 6. The zero-order chi connectivity index (χ0) is 15.4. The monoisotopic (exact) mass is 296 g/mol. The molecule has 118 valence electrons. The average molecular weight is 296 g/mol. The molecule has 2 N–H and O–H groups in total. The number of amides is 2. The van der Waals surface area contributed by atoms with Crippen LogP contribution in [0, 0.1) is 11.8 Å². The Morgan fingerprint density at radius 3 is 2.57 bits per heavy atom. The summed E-state index contributed by atoms with van der Waals surface area (Å²) in [5.74, 6) is -1.29. The second kappa shape index (κ2) is 6.91. The molecule has 2 amide bonds. The van der Waals surface area contributed by atoms with Gasteiger partial charge >= 0.3 is 5.97 Å². The van der Waals surface area contributed by atoms with Crippen molar-refractivity contribution in [1.82, 2.24) is 10.2 Å². The zero-order valence-electron chi connectivity index (χ0n) is 12.5. The molecular weight excluding hydrogens is 272 g/mol. The molecule has 1 aliphatic heterocycles. The van der Waals surface area contributed by atoms with E-state index in [1.165, 1.54) is 0 Å². The van der Waals surface area contributed by atoms with Crippen LogP contribution in [0.15, 0.2) is 0 Å². The summed E-state index contributed by atoms with van der Waals surface area (Å²) in [5, 5.41) is 11.8. The predicted octanol–water partition coefficient (Wildman–Crippen LogP) is 1.00. The molecule has 2 fully saturated rings. The summed E-state index contributed by atoms with van der Waals surface area (Å²) in [7, 11) is 0. The second-order valence-electron chi connectivity index (χ2n) is 6.09. The summed E-state index contributed by atoms with van der Waals surface area (Å²) < 4.78 is 0. The Kier molecular flexibility index (Phi) is 5.20. The van der Waals surface area contributed by atoms with Crippen LogP contribution in [-0.4, -0.2) is 46.9 Å². The molecule has 0 spiro atoms. The summed E-state index contributed by atoms with van der Waals surface area (Å²) in [6.45, 7) is 3.08. The van der Waals surface area contributed by atoms with Gasteiger partial charge in [-0.25, -0.2) is 4.79 Å². The number of carboxylic acids is 1. The Morgan fingerprint density at radius 2 is 2.00 bits per heavy atom. The van der Waals surface area contributed by atoms with Crippen LogP contribution in [0.5, 0.6) is 0 Å². The van der Waals surface area contributed by atoms with Gasteiger partial charge in [-0.05, 0) is 38.0 Å². The lowest BCUT2D eigenvalue weighted by molar-refractivity contribution is -0.144. The minimum atomic E-state index is -0.958. The van der Waals surface area contributed by atoms with Crippen LogP contribution in [0.25, 0.3) is 0 Å². The van der Waals surface area contributed by atoms with Gasteiger partial charge in [0.2, 0.25) is 11.8 Å². The minimum Gasteiger partial charge on any atom is -0.480 e. The molecule has 6 nitrogen and oxygen atoms in total. The molecule has 2 aliphatic rings. The Labute approximate surface area is 124 Å². The van der Waals surface area contributed by atoms with Crippen LogP contribution in [0.3, 0.4) is 0 Å². The molecule has 2 rings (SSSR count). The van der Waals surface area contributed by atoms with E-state index in [1.54, 1.807) is 4.90 Å². The molecule has 2 atom stereocenters. The van der Waals surface area contributed by atoms with Crippen LogP contribution in [-0.2, 0) is 14.4 Å². The van der Waals surface area contributed by atoms with Gasteiger partial charge in [-0.1, -0.05) is 6.92 Å². The van der Waals surface area contributed by atoms with Crippen molar-refractivity contribution in [2.45, 2.75) is 51.5 Å². The van der Waals surface area contributed by atoms with E-state index in [2.05, 4.69) is 5.32 Å². The van der Waals surface area contributed by atoms with Gasteiger partial charge in [-0.3, -0.25) is 9.59 Å². The Hall–Kier alpha value is -1.59. The number of nitrogens with one attached hydrogen (secondary N) is 1. The standard InChI is InChI=1S/C15H24N2O4/c1-2-4-12(18)17-8-3-5-11(9-17)14(19)16-13(15(20)21)10-6-7-10/h10-11,13H,2-9H2,1H3,(H,16,19)(H,20,21). The van der Waals surface area contributed by atoms with Gasteiger partial charge in [0.1, 0.15) is 6.04 Å². The molecule has 1 heterocycles. The van der Waals surface area contributed by atoms with E-state index in [-0.39, 0.29) is 23.7 Å². The molecule has 0 aromatic carbocycles. The molecule has 2 unspecified atom stereocenters. The molecule has 1 saturated heterocycles. The first kappa shape index (κ1) is 15.8. The van der Waals surface area contributed by atoms with Crippen LogP contribution in [0.1, 0.15) is 45.4 Å². The molecule has 0 aromatic rings. The van der Waals surface area contributed by atoms with Gasteiger partial charge in [-0.2, -0.15) is 0 Å². The van der Waals surface area contributed by atoms with Crippen molar-refractivity contribution in [2.75, 3.05) is 13.1 Å². The van der Waals surface area contributed by atoms with E-state index < -0.39 is 12.0 Å². The SMILES string of the molecule is CCCC(=O)N1CCCC(C(=O)NC(C(=O)O)C2CC2)C1. The Bertz CT molecular complexity index is 420. The van der Waals surface area contributed by atoms with Crippen LogP contribution >= 0.6 is 0 Å². The average Bonchev–Trinajstić information content (AvgIpc) is 3.29. The summed E-state index contributed by atoms with van der Waals surface area (Å²) >= 11 is 0. The van der Waals surface area contributed by atoms with Crippen LogP contribution in [0.2, 0.25) is 0 Å². The highest BCUT2D eigenvalue weighted by atomic mass is 16.4. The van der Waals surface area contributed by atoms with Gasteiger partial charge in [0.25, 0.3) is 0 Å². The van der Waals surface area contributed by atoms with Crippen molar-refractivity contribution in [3.8, 4) is 0 Å². The van der Waals surface area contributed by atoms with Gasteiger partial charge in [0.15, 0.2) is 0 Å². The minimum absolute atomic E-state index is 0.0767. The second-order valence-corrected chi connectivity index (χ2v) is 6.09. The van der Waals surface area contributed by atoms with E-state index >= 15 is 0 Å². The first-order valence-corrected chi connectivity index (χ1v) is 7.84. The van der Waals surface area contributed by atoms with Crippen LogP contribution < -0.4 is 5.32 Å². The maximum atomic E-state index is 12.3. The van der Waals surface area contributed by atoms with Crippen molar-refractivity contribution in [3.63, 3.8) is 0 Å². The lowest BCUT2D eigenvalue weighted by Gasteiger charge is -2.32. The number of piperidine rings is 1. The molecule has 1 aliphatic carbocycles. The lowest BCUT2D eigenvalue weighted by atomic mass is 9.96. The van der Waals surface area contributed by atoms with Crippen molar-refractivity contribution in [2.24, 2.45) is 11.8 Å². The molecule has 0 aromatic heterocycles. The first-order chi connectivity index (χ1) is 10.0. The molecular formula is C15H24N2O4.